The van der Waals surface area contributed by atoms with Crippen LogP contribution in [0.5, 0.6) is 0 Å². The molecule has 0 unspecified atom stereocenters. The van der Waals surface area contributed by atoms with Gasteiger partial charge in [0.05, 0.1) is 19.3 Å². The zero-order valence-electron chi connectivity index (χ0n) is 8.46. The van der Waals surface area contributed by atoms with Gasteiger partial charge in [-0.2, -0.15) is 0 Å². The highest BCUT2D eigenvalue weighted by Crippen LogP contribution is 2.47. The van der Waals surface area contributed by atoms with Crippen LogP contribution in [0.2, 0.25) is 0 Å². The fourth-order valence-corrected chi connectivity index (χ4v) is 2.99. The topological polar surface area (TPSA) is 29.5 Å². The van der Waals surface area contributed by atoms with Crippen LogP contribution >= 0.6 is 0 Å². The maximum absolute atomic E-state index is 9.57. The maximum Gasteiger partial charge on any atom is 0.0656 e. The summed E-state index contributed by atoms with van der Waals surface area (Å²) < 4.78 is 5.78. The van der Waals surface area contributed by atoms with Crippen molar-refractivity contribution in [3.05, 3.63) is 0 Å². The Kier molecular flexibility index (Phi) is 2.61. The Morgan fingerprint density at radius 1 is 1.38 bits per heavy atom. The average Bonchev–Trinajstić information content (AvgIpc) is 2.38. The highest BCUT2D eigenvalue weighted by atomic mass is 16.5. The smallest absolute Gasteiger partial charge is 0.0656 e. The van der Waals surface area contributed by atoms with E-state index >= 15 is 0 Å². The quantitative estimate of drug-likeness (QED) is 0.675. The maximum atomic E-state index is 9.57. The Hall–Kier alpha value is -0.0800. The number of aliphatic hydroxyl groups is 1. The van der Waals surface area contributed by atoms with Crippen molar-refractivity contribution in [1.29, 1.82) is 0 Å². The van der Waals surface area contributed by atoms with Crippen LogP contribution in [0.3, 0.4) is 0 Å². The number of aliphatic hydroxyl groups excluding tert-OH is 1. The van der Waals surface area contributed by atoms with Crippen LogP contribution in [0, 0.1) is 11.3 Å². The first-order valence-electron chi connectivity index (χ1n) is 5.52. The summed E-state index contributed by atoms with van der Waals surface area (Å²) in [7, 11) is 0. The molecule has 1 heterocycles. The molecule has 3 atom stereocenters. The molecule has 2 aliphatic rings. The summed E-state index contributed by atoms with van der Waals surface area (Å²) in [6.07, 6.45) is 6.52. The summed E-state index contributed by atoms with van der Waals surface area (Å²) in [5.74, 6) is 0.542. The summed E-state index contributed by atoms with van der Waals surface area (Å²) in [6.45, 7) is 3.39. The first kappa shape index (κ1) is 9.47. The molecule has 2 heteroatoms. The molecule has 0 radical (unpaired) electrons. The van der Waals surface area contributed by atoms with Crippen molar-refractivity contribution in [3.8, 4) is 0 Å². The Morgan fingerprint density at radius 3 is 3.00 bits per heavy atom. The van der Waals surface area contributed by atoms with Gasteiger partial charge in [0.25, 0.3) is 0 Å². The summed E-state index contributed by atoms with van der Waals surface area (Å²) in [5, 5.41) is 9.57. The zero-order valence-corrected chi connectivity index (χ0v) is 8.46. The van der Waals surface area contributed by atoms with Gasteiger partial charge in [0.1, 0.15) is 0 Å². The van der Waals surface area contributed by atoms with E-state index in [1.807, 2.05) is 0 Å². The van der Waals surface area contributed by atoms with Crippen LogP contribution in [0.25, 0.3) is 0 Å². The second-order valence-corrected chi connectivity index (χ2v) is 4.71. The average molecular weight is 184 g/mol. The van der Waals surface area contributed by atoms with Crippen molar-refractivity contribution in [3.63, 3.8) is 0 Å². The van der Waals surface area contributed by atoms with Gasteiger partial charge in [-0.05, 0) is 18.8 Å². The van der Waals surface area contributed by atoms with Crippen LogP contribution in [0.1, 0.15) is 39.0 Å². The first-order valence-corrected chi connectivity index (χ1v) is 5.52. The van der Waals surface area contributed by atoms with Crippen LogP contribution in [-0.2, 0) is 4.74 Å². The van der Waals surface area contributed by atoms with Gasteiger partial charge in [0.15, 0.2) is 0 Å². The molecule has 2 nitrogen and oxygen atoms in total. The fraction of sp³-hybridized carbons (Fsp3) is 1.00. The summed E-state index contributed by atoms with van der Waals surface area (Å²) in [5.41, 5.74) is 0.108. The monoisotopic (exact) mass is 184 g/mol. The molecular formula is C11H20O2. The van der Waals surface area contributed by atoms with Crippen molar-refractivity contribution in [2.45, 2.75) is 45.1 Å². The number of hydrogen-bond donors (Lipinski definition) is 1. The van der Waals surface area contributed by atoms with E-state index in [9.17, 15) is 5.11 Å². The SMILES string of the molecule is C[C@@H]1CO[C@@H]2CCCCC[C@]12CO. The lowest BCUT2D eigenvalue weighted by molar-refractivity contribution is 0.00310. The molecule has 0 aromatic carbocycles. The van der Waals surface area contributed by atoms with E-state index in [2.05, 4.69) is 6.92 Å². The second-order valence-electron chi connectivity index (χ2n) is 4.71. The van der Waals surface area contributed by atoms with Crippen LogP contribution in [0.15, 0.2) is 0 Å². The van der Waals surface area contributed by atoms with Gasteiger partial charge in [-0.3, -0.25) is 0 Å². The molecule has 2 fully saturated rings. The molecule has 1 saturated heterocycles. The lowest BCUT2D eigenvalue weighted by atomic mass is 9.72. The Balaban J connectivity index is 2.19. The van der Waals surface area contributed by atoms with Crippen LogP contribution in [-0.4, -0.2) is 24.4 Å². The summed E-state index contributed by atoms with van der Waals surface area (Å²) in [6, 6.07) is 0. The van der Waals surface area contributed by atoms with Crippen molar-refractivity contribution in [1.82, 2.24) is 0 Å². The molecule has 1 aliphatic heterocycles. The van der Waals surface area contributed by atoms with E-state index in [0.717, 1.165) is 19.4 Å². The van der Waals surface area contributed by atoms with Gasteiger partial charge in [-0.25, -0.2) is 0 Å². The molecular weight excluding hydrogens is 164 g/mol. The molecule has 1 N–H and O–H groups in total. The summed E-state index contributed by atoms with van der Waals surface area (Å²) >= 11 is 0. The Labute approximate surface area is 80.3 Å². The van der Waals surface area contributed by atoms with E-state index in [1.165, 1.54) is 19.3 Å². The van der Waals surface area contributed by atoms with Gasteiger partial charge in [-0.1, -0.05) is 26.2 Å². The largest absolute Gasteiger partial charge is 0.396 e. The predicted molar refractivity (Wildman–Crippen MR) is 51.5 cm³/mol. The third-order valence-electron chi connectivity index (χ3n) is 4.07. The normalized spacial score (nSPS) is 45.7. The molecule has 1 saturated carbocycles. The van der Waals surface area contributed by atoms with Gasteiger partial charge in [0.2, 0.25) is 0 Å². The number of hydrogen-bond acceptors (Lipinski definition) is 2. The minimum Gasteiger partial charge on any atom is -0.396 e. The lowest BCUT2D eigenvalue weighted by Gasteiger charge is -2.34. The van der Waals surface area contributed by atoms with Crippen LogP contribution in [0.4, 0.5) is 0 Å². The van der Waals surface area contributed by atoms with Crippen molar-refractivity contribution >= 4 is 0 Å². The Morgan fingerprint density at radius 2 is 2.23 bits per heavy atom. The minimum absolute atomic E-state index is 0.108. The molecule has 0 spiro atoms. The fourth-order valence-electron chi connectivity index (χ4n) is 2.99. The lowest BCUT2D eigenvalue weighted by Crippen LogP contribution is -2.38. The highest BCUT2D eigenvalue weighted by Gasteiger charge is 2.48. The predicted octanol–water partition coefficient (Wildman–Crippen LogP) is 1.96. The molecule has 76 valence electrons. The van der Waals surface area contributed by atoms with E-state index in [0.29, 0.717) is 18.6 Å². The zero-order chi connectivity index (χ0) is 9.31. The standard InChI is InChI=1S/C11H20O2/c1-9-7-13-10-5-3-2-4-6-11(9,10)8-12/h9-10,12H,2-8H2,1H3/t9-,10-,11+/m1/s1. The van der Waals surface area contributed by atoms with Crippen LogP contribution < -0.4 is 0 Å². The molecule has 2 rings (SSSR count). The molecule has 1 aliphatic carbocycles. The van der Waals surface area contributed by atoms with E-state index in [1.54, 1.807) is 0 Å². The van der Waals surface area contributed by atoms with E-state index in [-0.39, 0.29) is 5.41 Å². The number of fused-ring (bicyclic) bond motifs is 1. The third kappa shape index (κ3) is 1.40. The molecule has 13 heavy (non-hydrogen) atoms. The van der Waals surface area contributed by atoms with Gasteiger partial charge < -0.3 is 9.84 Å². The minimum atomic E-state index is 0.108. The van der Waals surface area contributed by atoms with Gasteiger partial charge in [-0.15, -0.1) is 0 Å². The molecule has 0 aromatic rings. The third-order valence-corrected chi connectivity index (χ3v) is 4.07. The van der Waals surface area contributed by atoms with Crippen molar-refractivity contribution in [2.24, 2.45) is 11.3 Å². The van der Waals surface area contributed by atoms with E-state index < -0.39 is 0 Å². The number of rotatable bonds is 1. The van der Waals surface area contributed by atoms with E-state index in [4.69, 9.17) is 4.74 Å². The first-order chi connectivity index (χ1) is 6.29. The molecule has 0 aromatic heterocycles. The summed E-state index contributed by atoms with van der Waals surface area (Å²) in [4.78, 5) is 0. The molecule has 0 bridgehead atoms. The van der Waals surface area contributed by atoms with Gasteiger partial charge >= 0.3 is 0 Å². The number of ether oxygens (including phenoxy) is 1. The van der Waals surface area contributed by atoms with Crippen molar-refractivity contribution in [2.75, 3.05) is 13.2 Å². The molecule has 0 amide bonds. The van der Waals surface area contributed by atoms with Crippen molar-refractivity contribution < 1.29 is 9.84 Å². The van der Waals surface area contributed by atoms with Gasteiger partial charge in [0, 0.05) is 5.41 Å². The Bertz CT molecular complexity index is 181. The highest BCUT2D eigenvalue weighted by molar-refractivity contribution is 4.96. The second kappa shape index (κ2) is 3.58.